The van der Waals surface area contributed by atoms with E-state index in [1.54, 1.807) is 11.3 Å². The molecule has 0 unspecified atom stereocenters. The van der Waals surface area contributed by atoms with Gasteiger partial charge in [0.2, 0.25) is 0 Å². The highest BCUT2D eigenvalue weighted by Gasteiger charge is 2.06. The Balaban J connectivity index is 0.00000324. The first-order chi connectivity index (χ1) is 8.69. The van der Waals surface area contributed by atoms with Crippen molar-refractivity contribution in [3.8, 4) is 0 Å². The molecular formula is C14H24IN3S. The molecule has 1 aromatic rings. The zero-order chi connectivity index (χ0) is 13.4. The van der Waals surface area contributed by atoms with E-state index in [0.29, 0.717) is 0 Å². The minimum Gasteiger partial charge on any atom is -0.351 e. The number of nitrogens with zero attached hydrogens (tertiary/aromatic N) is 2. The lowest BCUT2D eigenvalue weighted by atomic mass is 10.3. The van der Waals surface area contributed by atoms with Crippen molar-refractivity contribution in [2.24, 2.45) is 4.99 Å². The number of rotatable bonds is 6. The van der Waals surface area contributed by atoms with E-state index >= 15 is 0 Å². The van der Waals surface area contributed by atoms with E-state index < -0.39 is 0 Å². The number of guanidine groups is 1. The summed E-state index contributed by atoms with van der Waals surface area (Å²) in [6.45, 7) is 7.73. The summed E-state index contributed by atoms with van der Waals surface area (Å²) in [6.07, 6.45) is 4.11. The Morgan fingerprint density at radius 1 is 1.58 bits per heavy atom. The molecule has 108 valence electrons. The van der Waals surface area contributed by atoms with E-state index in [1.807, 2.05) is 13.1 Å². The van der Waals surface area contributed by atoms with Crippen LogP contribution in [0.5, 0.6) is 0 Å². The lowest BCUT2D eigenvalue weighted by Gasteiger charge is -2.21. The van der Waals surface area contributed by atoms with Gasteiger partial charge < -0.3 is 10.2 Å². The Morgan fingerprint density at radius 2 is 2.32 bits per heavy atom. The molecule has 0 aliphatic heterocycles. The van der Waals surface area contributed by atoms with Gasteiger partial charge in [-0.25, -0.2) is 0 Å². The predicted octanol–water partition coefficient (Wildman–Crippen LogP) is 3.65. The molecule has 0 saturated carbocycles. The van der Waals surface area contributed by atoms with E-state index in [2.05, 4.69) is 47.2 Å². The molecule has 0 aromatic carbocycles. The summed E-state index contributed by atoms with van der Waals surface area (Å²) in [5, 5.41) is 5.53. The van der Waals surface area contributed by atoms with Gasteiger partial charge in [0, 0.05) is 25.5 Å². The Kier molecular flexibility index (Phi) is 9.95. The predicted molar refractivity (Wildman–Crippen MR) is 96.7 cm³/mol. The fraction of sp³-hybridized carbons (Fsp3) is 0.500. The Morgan fingerprint density at radius 3 is 2.84 bits per heavy atom. The summed E-state index contributed by atoms with van der Waals surface area (Å²) in [5.41, 5.74) is 1.34. The van der Waals surface area contributed by atoms with Gasteiger partial charge in [-0.15, -0.1) is 41.9 Å². The molecule has 19 heavy (non-hydrogen) atoms. The molecule has 0 spiro atoms. The van der Waals surface area contributed by atoms with Gasteiger partial charge >= 0.3 is 0 Å². The van der Waals surface area contributed by atoms with E-state index in [1.165, 1.54) is 10.4 Å². The number of nitrogens with one attached hydrogen (secondary N) is 1. The van der Waals surface area contributed by atoms with Gasteiger partial charge in [-0.3, -0.25) is 4.99 Å². The van der Waals surface area contributed by atoms with Gasteiger partial charge in [0.25, 0.3) is 0 Å². The normalized spacial score (nSPS) is 10.8. The number of hydrogen-bond donors (Lipinski definition) is 1. The first-order valence-corrected chi connectivity index (χ1v) is 7.12. The van der Waals surface area contributed by atoms with E-state index in [4.69, 9.17) is 0 Å². The highest BCUT2D eigenvalue weighted by atomic mass is 127. The summed E-state index contributed by atoms with van der Waals surface area (Å²) in [6, 6.07) is 2.15. The van der Waals surface area contributed by atoms with Crippen LogP contribution in [0, 0.1) is 6.92 Å². The van der Waals surface area contributed by atoms with Crippen LogP contribution in [0.25, 0.3) is 0 Å². The van der Waals surface area contributed by atoms with Crippen LogP contribution in [0.2, 0.25) is 0 Å². The monoisotopic (exact) mass is 393 g/mol. The lowest BCUT2D eigenvalue weighted by molar-refractivity contribution is 0.470. The van der Waals surface area contributed by atoms with Crippen molar-refractivity contribution in [1.82, 2.24) is 10.2 Å². The highest BCUT2D eigenvalue weighted by Crippen LogP contribution is 2.14. The lowest BCUT2D eigenvalue weighted by Crippen LogP contribution is -2.38. The minimum absolute atomic E-state index is 0. The minimum atomic E-state index is 0. The van der Waals surface area contributed by atoms with Crippen LogP contribution in [0.15, 0.2) is 29.1 Å². The van der Waals surface area contributed by atoms with Crippen LogP contribution in [0.4, 0.5) is 0 Å². The molecule has 1 N–H and O–H groups in total. The summed E-state index contributed by atoms with van der Waals surface area (Å²) < 4.78 is 0. The van der Waals surface area contributed by atoms with Crippen LogP contribution >= 0.6 is 35.3 Å². The van der Waals surface area contributed by atoms with Crippen molar-refractivity contribution in [1.29, 1.82) is 0 Å². The summed E-state index contributed by atoms with van der Waals surface area (Å²) in [7, 11) is 3.90. The smallest absolute Gasteiger partial charge is 0.193 e. The first kappa shape index (κ1) is 18.4. The van der Waals surface area contributed by atoms with E-state index in [0.717, 1.165) is 31.9 Å². The van der Waals surface area contributed by atoms with Crippen molar-refractivity contribution < 1.29 is 0 Å². The quantitative estimate of drug-likeness (QED) is 0.263. The maximum absolute atomic E-state index is 4.31. The molecule has 0 fully saturated rings. The zero-order valence-electron chi connectivity index (χ0n) is 12.0. The third kappa shape index (κ3) is 6.42. The van der Waals surface area contributed by atoms with Crippen LogP contribution < -0.4 is 5.32 Å². The summed E-state index contributed by atoms with van der Waals surface area (Å²) in [4.78, 5) is 7.84. The molecule has 3 nitrogen and oxygen atoms in total. The van der Waals surface area contributed by atoms with Crippen LogP contribution in [-0.4, -0.2) is 31.5 Å². The van der Waals surface area contributed by atoms with Crippen molar-refractivity contribution in [3.05, 3.63) is 34.5 Å². The van der Waals surface area contributed by atoms with Crippen molar-refractivity contribution >= 4 is 41.3 Å². The van der Waals surface area contributed by atoms with E-state index in [-0.39, 0.29) is 24.0 Å². The highest BCUT2D eigenvalue weighted by molar-refractivity contribution is 14.0. The maximum Gasteiger partial charge on any atom is 0.193 e. The molecule has 5 heteroatoms. The third-order valence-electron chi connectivity index (χ3n) is 2.85. The molecule has 0 bridgehead atoms. The second-order valence-electron chi connectivity index (χ2n) is 4.28. The molecular weight excluding hydrogens is 369 g/mol. The molecule has 0 aliphatic carbocycles. The fourth-order valence-electron chi connectivity index (χ4n) is 1.71. The van der Waals surface area contributed by atoms with Gasteiger partial charge in [-0.1, -0.05) is 6.08 Å². The van der Waals surface area contributed by atoms with Gasteiger partial charge in [-0.2, -0.15) is 0 Å². The Hall–Kier alpha value is -0.560. The molecule has 0 aliphatic rings. The van der Waals surface area contributed by atoms with Crippen molar-refractivity contribution in [2.45, 2.75) is 26.3 Å². The number of unbranched alkanes of at least 4 members (excludes halogenated alkanes) is 1. The molecule has 1 heterocycles. The first-order valence-electron chi connectivity index (χ1n) is 6.24. The SMILES string of the molecule is C=CCCCN(C)C(=NC)NCc1sccc1C.I. The van der Waals surface area contributed by atoms with Gasteiger partial charge in [0.05, 0.1) is 6.54 Å². The number of aryl methyl sites for hydroxylation is 1. The number of hydrogen-bond acceptors (Lipinski definition) is 2. The van der Waals surface area contributed by atoms with E-state index in [9.17, 15) is 0 Å². The molecule has 0 saturated heterocycles. The average molecular weight is 393 g/mol. The maximum atomic E-state index is 4.31. The number of thiophene rings is 1. The summed E-state index contributed by atoms with van der Waals surface area (Å²) >= 11 is 1.79. The largest absolute Gasteiger partial charge is 0.351 e. The molecule has 1 aromatic heterocycles. The van der Waals surface area contributed by atoms with Gasteiger partial charge in [0.1, 0.15) is 0 Å². The average Bonchev–Trinajstić information content (AvgIpc) is 2.76. The van der Waals surface area contributed by atoms with Crippen LogP contribution in [0.3, 0.4) is 0 Å². The number of aliphatic imine (C=N–C) groups is 1. The topological polar surface area (TPSA) is 27.6 Å². The zero-order valence-corrected chi connectivity index (χ0v) is 15.1. The number of allylic oxidation sites excluding steroid dienone is 1. The van der Waals surface area contributed by atoms with Gasteiger partial charge in [0.15, 0.2) is 5.96 Å². The molecule has 0 radical (unpaired) electrons. The molecule has 0 atom stereocenters. The van der Waals surface area contributed by atoms with Crippen molar-refractivity contribution in [3.63, 3.8) is 0 Å². The second kappa shape index (κ2) is 10.3. The third-order valence-corrected chi connectivity index (χ3v) is 3.87. The summed E-state index contributed by atoms with van der Waals surface area (Å²) in [5.74, 6) is 0.951. The van der Waals surface area contributed by atoms with Crippen LogP contribution in [0.1, 0.15) is 23.3 Å². The van der Waals surface area contributed by atoms with Crippen LogP contribution in [-0.2, 0) is 6.54 Å². The number of halogens is 1. The van der Waals surface area contributed by atoms with Crippen molar-refractivity contribution in [2.75, 3.05) is 20.6 Å². The second-order valence-corrected chi connectivity index (χ2v) is 5.28. The fourth-order valence-corrected chi connectivity index (χ4v) is 2.55. The van der Waals surface area contributed by atoms with Gasteiger partial charge in [-0.05, 0) is 36.8 Å². The Bertz CT molecular complexity index is 401. The standard InChI is InChI=1S/C14H23N3S.HI/c1-5-6-7-9-17(4)14(15-3)16-11-13-12(2)8-10-18-13;/h5,8,10H,1,6-7,9,11H2,2-4H3,(H,15,16);1H. The molecule has 0 amide bonds. The Labute approximate surface area is 137 Å². The molecule has 1 rings (SSSR count).